The number of hydrogen-bond acceptors (Lipinski definition) is 2. The number of aryl methyl sites for hydroxylation is 1. The van der Waals surface area contributed by atoms with Crippen molar-refractivity contribution in [2.45, 2.75) is 38.8 Å². The van der Waals surface area contributed by atoms with Crippen molar-refractivity contribution in [2.24, 2.45) is 5.73 Å². The van der Waals surface area contributed by atoms with Gasteiger partial charge in [-0.15, -0.1) is 0 Å². The molecular weight excluding hydrogens is 210 g/mol. The summed E-state index contributed by atoms with van der Waals surface area (Å²) in [7, 11) is 0. The Labute approximate surface area is 96.1 Å². The van der Waals surface area contributed by atoms with Gasteiger partial charge in [0.05, 0.1) is 12.1 Å². The van der Waals surface area contributed by atoms with Crippen LogP contribution in [-0.4, -0.2) is 11.2 Å². The average molecular weight is 228 g/mol. The molecule has 0 radical (unpaired) electrons. The van der Waals surface area contributed by atoms with E-state index in [1.807, 2.05) is 32.0 Å². The third-order valence-electron chi connectivity index (χ3n) is 2.60. The molecule has 1 rings (SSSR count). The van der Waals surface area contributed by atoms with Gasteiger partial charge >= 0.3 is 0 Å². The van der Waals surface area contributed by atoms with Gasteiger partial charge < -0.3 is 10.8 Å². The van der Waals surface area contributed by atoms with Crippen LogP contribution in [0.2, 0.25) is 5.02 Å². The van der Waals surface area contributed by atoms with E-state index >= 15 is 0 Å². The quantitative estimate of drug-likeness (QED) is 0.831. The smallest absolute Gasteiger partial charge is 0.0733 e. The number of nitrogens with two attached hydrogens (primary N) is 1. The molecule has 0 unspecified atom stereocenters. The zero-order valence-electron chi connectivity index (χ0n) is 9.20. The van der Waals surface area contributed by atoms with Crippen LogP contribution >= 0.6 is 11.6 Å². The summed E-state index contributed by atoms with van der Waals surface area (Å²) in [6.45, 7) is 3.98. The zero-order valence-corrected chi connectivity index (χ0v) is 9.96. The molecule has 1 aromatic rings. The van der Waals surface area contributed by atoms with Crippen molar-refractivity contribution in [3.63, 3.8) is 0 Å². The third kappa shape index (κ3) is 2.94. The average Bonchev–Trinajstić information content (AvgIpc) is 2.17. The topological polar surface area (TPSA) is 46.2 Å². The van der Waals surface area contributed by atoms with Crippen LogP contribution in [0, 0.1) is 6.92 Å². The molecule has 84 valence electrons. The Balaban J connectivity index is 2.94. The molecule has 0 heterocycles. The highest BCUT2D eigenvalue weighted by molar-refractivity contribution is 6.31. The molecule has 0 amide bonds. The van der Waals surface area contributed by atoms with Crippen molar-refractivity contribution in [1.29, 1.82) is 0 Å². The molecule has 15 heavy (non-hydrogen) atoms. The normalized spacial score (nSPS) is 15.0. The number of hydrogen-bond donors (Lipinski definition) is 2. The van der Waals surface area contributed by atoms with Crippen LogP contribution < -0.4 is 5.73 Å². The van der Waals surface area contributed by atoms with Crippen molar-refractivity contribution < 1.29 is 5.11 Å². The largest absolute Gasteiger partial charge is 0.391 e. The molecule has 0 aromatic heterocycles. The Morgan fingerprint density at radius 2 is 2.13 bits per heavy atom. The molecule has 3 heteroatoms. The van der Waals surface area contributed by atoms with Crippen molar-refractivity contribution in [2.75, 3.05) is 0 Å². The third-order valence-corrected chi connectivity index (χ3v) is 2.93. The van der Waals surface area contributed by atoms with E-state index in [1.165, 1.54) is 0 Å². The van der Waals surface area contributed by atoms with Gasteiger partial charge in [0.2, 0.25) is 0 Å². The van der Waals surface area contributed by atoms with Crippen LogP contribution in [0.15, 0.2) is 18.2 Å². The molecule has 0 fully saturated rings. The van der Waals surface area contributed by atoms with Crippen LogP contribution in [-0.2, 0) is 0 Å². The fourth-order valence-electron chi connectivity index (χ4n) is 1.73. The molecule has 1 aromatic carbocycles. The second-order valence-electron chi connectivity index (χ2n) is 3.85. The van der Waals surface area contributed by atoms with E-state index in [-0.39, 0.29) is 0 Å². The lowest BCUT2D eigenvalue weighted by Crippen LogP contribution is -2.27. The molecule has 2 nitrogen and oxygen atoms in total. The van der Waals surface area contributed by atoms with Gasteiger partial charge in [0.25, 0.3) is 0 Å². The highest BCUT2D eigenvalue weighted by Gasteiger charge is 2.19. The standard InChI is InChI=1S/C12H18ClNO/c1-3-5-10(15)12(14)11-8(2)6-4-7-9(11)13/h4,6-7,10,12,15H,3,5,14H2,1-2H3/t10-,12-/m0/s1. The lowest BCUT2D eigenvalue weighted by Gasteiger charge is -2.21. The molecule has 3 N–H and O–H groups in total. The lowest BCUT2D eigenvalue weighted by molar-refractivity contribution is 0.134. The number of halogens is 1. The van der Waals surface area contributed by atoms with Gasteiger partial charge in [-0.05, 0) is 30.5 Å². The van der Waals surface area contributed by atoms with E-state index in [9.17, 15) is 5.11 Å². The second-order valence-corrected chi connectivity index (χ2v) is 4.26. The summed E-state index contributed by atoms with van der Waals surface area (Å²) < 4.78 is 0. The monoisotopic (exact) mass is 227 g/mol. The highest BCUT2D eigenvalue weighted by Crippen LogP contribution is 2.28. The van der Waals surface area contributed by atoms with E-state index in [4.69, 9.17) is 17.3 Å². The van der Waals surface area contributed by atoms with E-state index < -0.39 is 12.1 Å². The summed E-state index contributed by atoms with van der Waals surface area (Å²) in [6, 6.07) is 5.26. The first kappa shape index (κ1) is 12.5. The Bertz CT molecular complexity index is 307. The number of benzene rings is 1. The first-order chi connectivity index (χ1) is 7.07. The van der Waals surface area contributed by atoms with Crippen LogP contribution in [0.4, 0.5) is 0 Å². The summed E-state index contributed by atoms with van der Waals surface area (Å²) in [6.07, 6.45) is 1.10. The van der Waals surface area contributed by atoms with Crippen LogP contribution in [0.25, 0.3) is 0 Å². The van der Waals surface area contributed by atoms with Crippen LogP contribution in [0.1, 0.15) is 36.9 Å². The molecule has 2 atom stereocenters. The van der Waals surface area contributed by atoms with E-state index in [2.05, 4.69) is 0 Å². The fourth-order valence-corrected chi connectivity index (χ4v) is 2.08. The minimum absolute atomic E-state index is 0.390. The summed E-state index contributed by atoms with van der Waals surface area (Å²) in [5, 5.41) is 10.5. The van der Waals surface area contributed by atoms with Gasteiger partial charge in [-0.25, -0.2) is 0 Å². The Morgan fingerprint density at radius 3 is 2.67 bits per heavy atom. The number of aliphatic hydroxyl groups is 1. The predicted octanol–water partition coefficient (Wildman–Crippen LogP) is 2.81. The van der Waals surface area contributed by atoms with Crippen molar-refractivity contribution in [3.8, 4) is 0 Å². The molecule has 0 spiro atoms. The minimum atomic E-state index is -0.520. The number of aliphatic hydroxyl groups excluding tert-OH is 1. The van der Waals surface area contributed by atoms with Crippen molar-refractivity contribution >= 4 is 11.6 Å². The maximum absolute atomic E-state index is 9.84. The molecule has 0 aliphatic heterocycles. The SMILES string of the molecule is CCC[C@H](O)[C@H](N)c1c(C)cccc1Cl. The highest BCUT2D eigenvalue weighted by atomic mass is 35.5. The summed E-state index contributed by atoms with van der Waals surface area (Å²) in [4.78, 5) is 0. The minimum Gasteiger partial charge on any atom is -0.391 e. The van der Waals surface area contributed by atoms with Gasteiger partial charge in [0.15, 0.2) is 0 Å². The Kier molecular flexibility index (Phi) is 4.58. The van der Waals surface area contributed by atoms with E-state index in [1.54, 1.807) is 0 Å². The molecule has 0 bridgehead atoms. The summed E-state index contributed by atoms with van der Waals surface area (Å²) in [5.41, 5.74) is 7.89. The van der Waals surface area contributed by atoms with Gasteiger partial charge in [-0.2, -0.15) is 0 Å². The Hall–Kier alpha value is -0.570. The van der Waals surface area contributed by atoms with Gasteiger partial charge in [0.1, 0.15) is 0 Å². The first-order valence-electron chi connectivity index (χ1n) is 5.26. The fraction of sp³-hybridized carbons (Fsp3) is 0.500. The second kappa shape index (κ2) is 5.50. The predicted molar refractivity (Wildman–Crippen MR) is 64.0 cm³/mol. The maximum Gasteiger partial charge on any atom is 0.0733 e. The van der Waals surface area contributed by atoms with Crippen molar-refractivity contribution in [3.05, 3.63) is 34.3 Å². The Morgan fingerprint density at radius 1 is 1.47 bits per heavy atom. The molecule has 0 aliphatic rings. The summed E-state index contributed by atoms with van der Waals surface area (Å²) in [5.74, 6) is 0. The number of rotatable bonds is 4. The summed E-state index contributed by atoms with van der Waals surface area (Å²) >= 11 is 6.08. The van der Waals surface area contributed by atoms with Crippen molar-refractivity contribution in [1.82, 2.24) is 0 Å². The lowest BCUT2D eigenvalue weighted by atomic mass is 9.95. The molecule has 0 saturated carbocycles. The van der Waals surface area contributed by atoms with Gasteiger partial charge in [-0.3, -0.25) is 0 Å². The first-order valence-corrected chi connectivity index (χ1v) is 5.64. The van der Waals surface area contributed by atoms with E-state index in [0.29, 0.717) is 11.4 Å². The van der Waals surface area contributed by atoms with Gasteiger partial charge in [0, 0.05) is 5.02 Å². The van der Waals surface area contributed by atoms with Gasteiger partial charge in [-0.1, -0.05) is 37.1 Å². The molecule has 0 saturated heterocycles. The van der Waals surface area contributed by atoms with E-state index in [0.717, 1.165) is 17.5 Å². The zero-order chi connectivity index (χ0) is 11.4. The maximum atomic E-state index is 9.84. The molecular formula is C12H18ClNO. The van der Waals surface area contributed by atoms with Crippen LogP contribution in [0.5, 0.6) is 0 Å². The van der Waals surface area contributed by atoms with Crippen LogP contribution in [0.3, 0.4) is 0 Å². The molecule has 0 aliphatic carbocycles.